The van der Waals surface area contributed by atoms with E-state index >= 15 is 0 Å². The number of benzene rings is 3. The van der Waals surface area contributed by atoms with Crippen LogP contribution in [0, 0.1) is 11.3 Å². The molecule has 1 heterocycles. The Morgan fingerprint density at radius 2 is 1.78 bits per heavy atom. The van der Waals surface area contributed by atoms with Gasteiger partial charge in [-0.2, -0.15) is 18.4 Å². The number of carbonyl (C=O) groups excluding carboxylic acids is 2. The van der Waals surface area contributed by atoms with Crippen LogP contribution in [0.4, 0.5) is 18.9 Å². The third kappa shape index (κ3) is 7.51. The van der Waals surface area contributed by atoms with Gasteiger partial charge in [0.15, 0.2) is 0 Å². The molecule has 6 nitrogen and oxygen atoms in total. The lowest BCUT2D eigenvalue weighted by Gasteiger charge is -2.29. The van der Waals surface area contributed by atoms with Crippen LogP contribution in [0.1, 0.15) is 29.5 Å². The standard InChI is InChI=1S/C30H23ClF3N3O3S/c1-18-26(29(39)40-16-19-6-3-2-4-7-19)27(20-10-12-22(31)13-11-20)24(15-35)28(36-18)41-17-25(38)37-23-9-5-8-21(14-23)30(32,33)34/h2-14,27,36H,16-17H2,1H3,(H,37,38)/t27-/m1/s1. The van der Waals surface area contributed by atoms with E-state index in [4.69, 9.17) is 16.3 Å². The first kappa shape index (κ1) is 29.8. The fourth-order valence-electron chi connectivity index (χ4n) is 4.19. The first-order chi connectivity index (χ1) is 19.6. The van der Waals surface area contributed by atoms with Crippen LogP contribution in [0.5, 0.6) is 0 Å². The van der Waals surface area contributed by atoms with Crippen molar-refractivity contribution >= 4 is 40.9 Å². The van der Waals surface area contributed by atoms with E-state index in [2.05, 4.69) is 16.7 Å². The largest absolute Gasteiger partial charge is 0.457 e. The van der Waals surface area contributed by atoms with Gasteiger partial charge in [0.1, 0.15) is 6.61 Å². The number of thioether (sulfide) groups is 1. The van der Waals surface area contributed by atoms with Crippen LogP contribution in [0.25, 0.3) is 0 Å². The lowest BCUT2D eigenvalue weighted by Crippen LogP contribution is -2.29. The molecule has 0 saturated carbocycles. The van der Waals surface area contributed by atoms with Gasteiger partial charge in [-0.25, -0.2) is 4.79 Å². The van der Waals surface area contributed by atoms with Crippen molar-refractivity contribution in [2.75, 3.05) is 11.1 Å². The second kappa shape index (κ2) is 13.0. The molecule has 4 rings (SSSR count). The molecule has 0 aromatic heterocycles. The Balaban J connectivity index is 1.57. The first-order valence-corrected chi connectivity index (χ1v) is 13.6. The lowest BCUT2D eigenvalue weighted by molar-refractivity contribution is -0.140. The fraction of sp³-hybridized carbons (Fsp3) is 0.167. The summed E-state index contributed by atoms with van der Waals surface area (Å²) in [6.07, 6.45) is -4.55. The smallest absolute Gasteiger partial charge is 0.416 e. The number of ether oxygens (including phenoxy) is 1. The summed E-state index contributed by atoms with van der Waals surface area (Å²) in [7, 11) is 0. The predicted octanol–water partition coefficient (Wildman–Crippen LogP) is 7.17. The molecule has 0 fully saturated rings. The minimum absolute atomic E-state index is 0.00456. The van der Waals surface area contributed by atoms with Crippen LogP contribution < -0.4 is 10.6 Å². The van der Waals surface area contributed by atoms with Gasteiger partial charge in [0.2, 0.25) is 5.91 Å². The normalized spacial score (nSPS) is 15.2. The Hall–Kier alpha value is -4.20. The van der Waals surface area contributed by atoms with Gasteiger partial charge in [0.05, 0.1) is 39.5 Å². The summed E-state index contributed by atoms with van der Waals surface area (Å²) in [6, 6.07) is 22.3. The van der Waals surface area contributed by atoms with E-state index in [-0.39, 0.29) is 29.2 Å². The van der Waals surface area contributed by atoms with Crippen molar-refractivity contribution in [3.05, 3.63) is 122 Å². The number of anilines is 1. The van der Waals surface area contributed by atoms with Gasteiger partial charge in [-0.3, -0.25) is 4.79 Å². The Bertz CT molecular complexity index is 1550. The van der Waals surface area contributed by atoms with Gasteiger partial charge in [-0.1, -0.05) is 71.9 Å². The van der Waals surface area contributed by atoms with Gasteiger partial charge in [-0.15, -0.1) is 0 Å². The number of nitriles is 1. The number of dihydropyridines is 1. The summed E-state index contributed by atoms with van der Waals surface area (Å²) in [5, 5.41) is 16.5. The topological polar surface area (TPSA) is 91.2 Å². The summed E-state index contributed by atoms with van der Waals surface area (Å²) in [6.45, 7) is 1.70. The summed E-state index contributed by atoms with van der Waals surface area (Å²) in [4.78, 5) is 26.0. The highest BCUT2D eigenvalue weighted by Crippen LogP contribution is 2.41. The minimum atomic E-state index is -4.55. The fourth-order valence-corrected chi connectivity index (χ4v) is 5.21. The molecule has 3 aromatic rings. The minimum Gasteiger partial charge on any atom is -0.457 e. The maximum atomic E-state index is 13.3. The van der Waals surface area contributed by atoms with Crippen LogP contribution in [-0.2, 0) is 27.1 Å². The van der Waals surface area contributed by atoms with Crippen molar-refractivity contribution in [2.45, 2.75) is 25.6 Å². The third-order valence-electron chi connectivity index (χ3n) is 6.10. The quantitative estimate of drug-likeness (QED) is 0.268. The van der Waals surface area contributed by atoms with Crippen LogP contribution in [0.2, 0.25) is 5.02 Å². The first-order valence-electron chi connectivity index (χ1n) is 12.2. The molecule has 210 valence electrons. The number of esters is 1. The van der Waals surface area contributed by atoms with Gasteiger partial charge in [0.25, 0.3) is 0 Å². The van der Waals surface area contributed by atoms with E-state index in [1.165, 1.54) is 12.1 Å². The third-order valence-corrected chi connectivity index (χ3v) is 7.37. The molecule has 1 aliphatic heterocycles. The van der Waals surface area contributed by atoms with Crippen molar-refractivity contribution < 1.29 is 27.5 Å². The Labute approximate surface area is 243 Å². The molecular weight excluding hydrogens is 575 g/mol. The molecule has 0 unspecified atom stereocenters. The zero-order chi connectivity index (χ0) is 29.6. The van der Waals surface area contributed by atoms with Gasteiger partial charge in [0, 0.05) is 16.4 Å². The number of amides is 1. The van der Waals surface area contributed by atoms with E-state index in [1.807, 2.05) is 30.3 Å². The highest BCUT2D eigenvalue weighted by Gasteiger charge is 2.36. The van der Waals surface area contributed by atoms with E-state index in [0.717, 1.165) is 29.5 Å². The SMILES string of the molecule is CC1=C(C(=O)OCc2ccccc2)[C@H](c2ccc(Cl)cc2)C(C#N)=C(SCC(=O)Nc2cccc(C(F)(F)F)c2)N1. The highest BCUT2D eigenvalue weighted by atomic mass is 35.5. The summed E-state index contributed by atoms with van der Waals surface area (Å²) < 4.78 is 44.7. The average molecular weight is 598 g/mol. The Kier molecular flexibility index (Phi) is 9.42. The summed E-state index contributed by atoms with van der Waals surface area (Å²) >= 11 is 7.07. The number of nitrogens with zero attached hydrogens (tertiary/aromatic N) is 1. The maximum Gasteiger partial charge on any atom is 0.416 e. The number of alkyl halides is 3. The van der Waals surface area contributed by atoms with Crippen LogP contribution in [-0.4, -0.2) is 17.6 Å². The molecule has 1 aliphatic rings. The Morgan fingerprint density at radius 1 is 1.07 bits per heavy atom. The van der Waals surface area contributed by atoms with Gasteiger partial charge in [-0.05, 0) is 48.4 Å². The van der Waals surface area contributed by atoms with Crippen LogP contribution >= 0.6 is 23.4 Å². The van der Waals surface area contributed by atoms with Gasteiger partial charge < -0.3 is 15.4 Å². The number of rotatable bonds is 8. The lowest BCUT2D eigenvalue weighted by atomic mass is 9.82. The average Bonchev–Trinajstić information content (AvgIpc) is 2.95. The second-order valence-electron chi connectivity index (χ2n) is 8.98. The molecule has 11 heteroatoms. The molecule has 0 spiro atoms. The molecule has 0 radical (unpaired) electrons. The van der Waals surface area contributed by atoms with Crippen molar-refractivity contribution in [3.63, 3.8) is 0 Å². The molecule has 2 N–H and O–H groups in total. The van der Waals surface area contributed by atoms with E-state index in [1.54, 1.807) is 31.2 Å². The number of nitrogens with one attached hydrogen (secondary N) is 2. The van der Waals surface area contributed by atoms with E-state index in [0.29, 0.717) is 21.3 Å². The molecule has 0 bridgehead atoms. The number of hydrogen-bond donors (Lipinski definition) is 2. The maximum absolute atomic E-state index is 13.3. The summed E-state index contributed by atoms with van der Waals surface area (Å²) in [5.41, 5.74) is 1.37. The van der Waals surface area contributed by atoms with Crippen molar-refractivity contribution in [3.8, 4) is 6.07 Å². The van der Waals surface area contributed by atoms with E-state index < -0.39 is 29.5 Å². The second-order valence-corrected chi connectivity index (χ2v) is 10.4. The molecule has 0 saturated heterocycles. The zero-order valence-corrected chi connectivity index (χ0v) is 23.2. The molecule has 41 heavy (non-hydrogen) atoms. The van der Waals surface area contributed by atoms with Crippen LogP contribution in [0.3, 0.4) is 0 Å². The molecule has 3 aromatic carbocycles. The van der Waals surface area contributed by atoms with Crippen molar-refractivity contribution in [1.29, 1.82) is 5.26 Å². The van der Waals surface area contributed by atoms with Gasteiger partial charge >= 0.3 is 12.1 Å². The number of halogens is 4. The van der Waals surface area contributed by atoms with Crippen LogP contribution in [0.15, 0.2) is 101 Å². The number of carbonyl (C=O) groups is 2. The van der Waals surface area contributed by atoms with Crippen molar-refractivity contribution in [2.24, 2.45) is 0 Å². The molecule has 0 aliphatic carbocycles. The molecule has 1 atom stereocenters. The Morgan fingerprint density at radius 3 is 2.44 bits per heavy atom. The summed E-state index contributed by atoms with van der Waals surface area (Å²) in [5.74, 6) is -2.20. The van der Waals surface area contributed by atoms with E-state index in [9.17, 15) is 28.0 Å². The highest BCUT2D eigenvalue weighted by molar-refractivity contribution is 8.03. The van der Waals surface area contributed by atoms with Crippen molar-refractivity contribution in [1.82, 2.24) is 5.32 Å². The number of hydrogen-bond acceptors (Lipinski definition) is 6. The predicted molar refractivity (Wildman–Crippen MR) is 151 cm³/mol. The number of allylic oxidation sites excluding steroid dienone is 2. The monoisotopic (exact) mass is 597 g/mol. The molecule has 1 amide bonds. The molecular formula is C30H23ClF3N3O3S. The zero-order valence-electron chi connectivity index (χ0n) is 21.6.